The highest BCUT2D eigenvalue weighted by Crippen LogP contribution is 2.34. The minimum absolute atomic E-state index is 0.0223. The Kier molecular flexibility index (Phi) is 4.19. The van der Waals surface area contributed by atoms with Crippen molar-refractivity contribution in [2.45, 2.75) is 11.0 Å². The van der Waals surface area contributed by atoms with Crippen molar-refractivity contribution in [3.63, 3.8) is 0 Å². The highest BCUT2D eigenvalue weighted by atomic mass is 32.2. The molecule has 0 spiro atoms. The largest absolute Gasteiger partial charge is 0.507 e. The molecule has 116 valence electrons. The lowest BCUT2D eigenvalue weighted by molar-refractivity contribution is -0.0220. The van der Waals surface area contributed by atoms with Gasteiger partial charge in [-0.25, -0.2) is 4.79 Å². The molecule has 1 aliphatic heterocycles. The van der Waals surface area contributed by atoms with Gasteiger partial charge in [0.2, 0.25) is 0 Å². The van der Waals surface area contributed by atoms with Gasteiger partial charge in [-0.05, 0) is 19.2 Å². The first-order valence-corrected chi connectivity index (χ1v) is 7.52. The predicted octanol–water partition coefficient (Wildman–Crippen LogP) is 0.340. The number of morpholine rings is 1. The maximum atomic E-state index is 11.2. The molecule has 21 heavy (non-hydrogen) atoms. The zero-order chi connectivity index (χ0) is 15.8. The lowest BCUT2D eigenvalue weighted by Gasteiger charge is -2.31. The maximum absolute atomic E-state index is 11.2. The number of carboxylic acids is 1. The fraction of sp³-hybridized carbons (Fsp3) is 0.417. The third kappa shape index (κ3) is 3.32. The number of nitrogens with zero attached hydrogens (tertiary/aromatic N) is 1. The minimum atomic E-state index is -4.59. The van der Waals surface area contributed by atoms with Crippen molar-refractivity contribution in [3.05, 3.63) is 23.3 Å². The third-order valence-corrected chi connectivity index (χ3v) is 4.09. The minimum Gasteiger partial charge on any atom is -0.507 e. The second-order valence-corrected chi connectivity index (χ2v) is 6.23. The van der Waals surface area contributed by atoms with Gasteiger partial charge in [0, 0.05) is 18.7 Å². The number of likely N-dealkylation sites (N-methyl/N-ethyl adjacent to an activating group) is 1. The molecule has 0 aromatic heterocycles. The van der Waals surface area contributed by atoms with Crippen LogP contribution in [0.5, 0.6) is 5.75 Å². The number of ether oxygens (including phenoxy) is 1. The SMILES string of the molecule is CN1CCOC(c2cc(S(=O)(=O)O)cc(C(=O)O)c2O)C1. The number of carboxylic acid groups (broad SMARTS) is 1. The Morgan fingerprint density at radius 1 is 1.43 bits per heavy atom. The summed E-state index contributed by atoms with van der Waals surface area (Å²) in [5.41, 5.74) is -0.578. The van der Waals surface area contributed by atoms with Gasteiger partial charge >= 0.3 is 5.97 Å². The molecule has 3 N–H and O–H groups in total. The first-order chi connectivity index (χ1) is 9.70. The summed E-state index contributed by atoms with van der Waals surface area (Å²) in [4.78, 5) is 12.4. The molecular weight excluding hydrogens is 302 g/mol. The van der Waals surface area contributed by atoms with E-state index < -0.39 is 38.4 Å². The highest BCUT2D eigenvalue weighted by molar-refractivity contribution is 7.85. The van der Waals surface area contributed by atoms with Crippen molar-refractivity contribution in [2.75, 3.05) is 26.7 Å². The molecule has 0 aliphatic carbocycles. The normalized spacial score (nSPS) is 20.4. The Bertz CT molecular complexity index is 670. The second-order valence-electron chi connectivity index (χ2n) is 4.81. The van der Waals surface area contributed by atoms with E-state index in [4.69, 9.17) is 14.4 Å². The van der Waals surface area contributed by atoms with E-state index in [2.05, 4.69) is 0 Å². The summed E-state index contributed by atoms with van der Waals surface area (Å²) >= 11 is 0. The molecule has 1 aromatic carbocycles. The Balaban J connectivity index is 2.58. The number of phenols is 1. The highest BCUT2D eigenvalue weighted by Gasteiger charge is 2.28. The summed E-state index contributed by atoms with van der Waals surface area (Å²) in [6.45, 7) is 1.39. The van der Waals surface area contributed by atoms with Crippen LogP contribution in [0.15, 0.2) is 17.0 Å². The standard InChI is InChI=1S/C12H15NO7S/c1-13-2-3-20-10(6-13)8-4-7(21(17,18)19)5-9(11(8)14)12(15)16/h4-5,10,14H,2-3,6H2,1H3,(H,15,16)(H,17,18,19). The summed E-state index contributed by atoms with van der Waals surface area (Å²) in [6.07, 6.45) is -0.677. The topological polar surface area (TPSA) is 124 Å². The molecule has 1 unspecified atom stereocenters. The molecule has 0 bridgehead atoms. The van der Waals surface area contributed by atoms with Crippen LogP contribution >= 0.6 is 0 Å². The van der Waals surface area contributed by atoms with Crippen LogP contribution in [0, 0.1) is 0 Å². The van der Waals surface area contributed by atoms with Crippen molar-refractivity contribution < 1.29 is 32.7 Å². The summed E-state index contributed by atoms with van der Waals surface area (Å²) in [5.74, 6) is -2.06. The number of hydrogen-bond donors (Lipinski definition) is 3. The van der Waals surface area contributed by atoms with Crippen molar-refractivity contribution in [3.8, 4) is 5.75 Å². The number of aromatic carboxylic acids is 1. The molecule has 1 aromatic rings. The number of aromatic hydroxyl groups is 1. The molecule has 1 saturated heterocycles. The van der Waals surface area contributed by atoms with Gasteiger partial charge in [0.25, 0.3) is 10.1 Å². The van der Waals surface area contributed by atoms with Crippen LogP contribution in [-0.2, 0) is 14.9 Å². The molecule has 0 radical (unpaired) electrons. The van der Waals surface area contributed by atoms with Gasteiger partial charge in [-0.2, -0.15) is 8.42 Å². The average Bonchev–Trinajstić information content (AvgIpc) is 2.37. The van der Waals surface area contributed by atoms with Crippen LogP contribution in [0.3, 0.4) is 0 Å². The lowest BCUT2D eigenvalue weighted by atomic mass is 10.0. The van der Waals surface area contributed by atoms with Gasteiger partial charge in [-0.3, -0.25) is 4.55 Å². The van der Waals surface area contributed by atoms with Gasteiger partial charge < -0.3 is 19.8 Å². The number of rotatable bonds is 3. The summed E-state index contributed by atoms with van der Waals surface area (Å²) in [6, 6.07) is 1.74. The van der Waals surface area contributed by atoms with E-state index in [1.165, 1.54) is 0 Å². The molecular formula is C12H15NO7S. The number of hydrogen-bond acceptors (Lipinski definition) is 6. The molecule has 2 rings (SSSR count). The number of carbonyl (C=O) groups is 1. The molecule has 8 nitrogen and oxygen atoms in total. The Labute approximate surface area is 121 Å². The van der Waals surface area contributed by atoms with Crippen LogP contribution in [0.2, 0.25) is 0 Å². The van der Waals surface area contributed by atoms with E-state index in [9.17, 15) is 18.3 Å². The van der Waals surface area contributed by atoms with Gasteiger partial charge in [-0.15, -0.1) is 0 Å². The molecule has 9 heteroatoms. The van der Waals surface area contributed by atoms with Crippen LogP contribution in [-0.4, -0.2) is 60.8 Å². The monoisotopic (exact) mass is 317 g/mol. The van der Waals surface area contributed by atoms with E-state index in [1.54, 1.807) is 0 Å². The fourth-order valence-corrected chi connectivity index (χ4v) is 2.70. The second kappa shape index (κ2) is 5.60. The predicted molar refractivity (Wildman–Crippen MR) is 71.1 cm³/mol. The van der Waals surface area contributed by atoms with Crippen molar-refractivity contribution in [2.24, 2.45) is 0 Å². The Morgan fingerprint density at radius 3 is 2.62 bits per heavy atom. The number of benzene rings is 1. The summed E-state index contributed by atoms with van der Waals surface area (Å²) < 4.78 is 37.1. The van der Waals surface area contributed by atoms with Gasteiger partial charge in [0.15, 0.2) is 0 Å². The van der Waals surface area contributed by atoms with Gasteiger partial charge in [0.05, 0.1) is 17.6 Å². The van der Waals surface area contributed by atoms with E-state index in [-0.39, 0.29) is 5.56 Å². The Morgan fingerprint density at radius 2 is 2.10 bits per heavy atom. The fourth-order valence-electron chi connectivity index (χ4n) is 2.15. The molecule has 1 aliphatic rings. The van der Waals surface area contributed by atoms with Crippen molar-refractivity contribution >= 4 is 16.1 Å². The van der Waals surface area contributed by atoms with E-state index in [0.717, 1.165) is 6.07 Å². The van der Waals surface area contributed by atoms with E-state index >= 15 is 0 Å². The van der Waals surface area contributed by atoms with Crippen LogP contribution in [0.25, 0.3) is 0 Å². The van der Waals surface area contributed by atoms with Crippen LogP contribution in [0.1, 0.15) is 22.0 Å². The van der Waals surface area contributed by atoms with Crippen molar-refractivity contribution in [1.82, 2.24) is 4.90 Å². The molecule has 1 atom stereocenters. The lowest BCUT2D eigenvalue weighted by Crippen LogP contribution is -2.35. The zero-order valence-corrected chi connectivity index (χ0v) is 12.0. The third-order valence-electron chi connectivity index (χ3n) is 3.26. The van der Waals surface area contributed by atoms with E-state index in [0.29, 0.717) is 25.8 Å². The maximum Gasteiger partial charge on any atom is 0.339 e. The van der Waals surface area contributed by atoms with Gasteiger partial charge in [-0.1, -0.05) is 0 Å². The summed E-state index contributed by atoms with van der Waals surface area (Å²) in [7, 11) is -2.78. The smallest absolute Gasteiger partial charge is 0.339 e. The van der Waals surface area contributed by atoms with Crippen LogP contribution in [0.4, 0.5) is 0 Å². The first kappa shape index (κ1) is 15.7. The van der Waals surface area contributed by atoms with Crippen LogP contribution < -0.4 is 0 Å². The molecule has 0 saturated carbocycles. The summed E-state index contributed by atoms with van der Waals surface area (Å²) in [5, 5.41) is 19.1. The molecule has 1 fully saturated rings. The zero-order valence-electron chi connectivity index (χ0n) is 11.2. The average molecular weight is 317 g/mol. The molecule has 1 heterocycles. The van der Waals surface area contributed by atoms with E-state index in [1.807, 2.05) is 11.9 Å². The van der Waals surface area contributed by atoms with Gasteiger partial charge in [0.1, 0.15) is 11.3 Å². The molecule has 0 amide bonds. The Hall–Kier alpha value is -1.68. The quantitative estimate of drug-likeness (QED) is 0.682. The first-order valence-electron chi connectivity index (χ1n) is 6.08. The van der Waals surface area contributed by atoms with Crippen molar-refractivity contribution in [1.29, 1.82) is 0 Å².